The van der Waals surface area contributed by atoms with Gasteiger partial charge in [-0.25, -0.2) is 9.18 Å². The number of hydrogen-bond donors (Lipinski definition) is 2. The Bertz CT molecular complexity index is 845. The van der Waals surface area contributed by atoms with Crippen molar-refractivity contribution in [2.45, 2.75) is 31.9 Å². The van der Waals surface area contributed by atoms with E-state index in [1.807, 2.05) is 0 Å². The van der Waals surface area contributed by atoms with Crippen LogP contribution in [0, 0.1) is 5.82 Å². The van der Waals surface area contributed by atoms with E-state index in [0.29, 0.717) is 16.9 Å². The molecule has 1 fully saturated rings. The van der Waals surface area contributed by atoms with Gasteiger partial charge < -0.3 is 10.1 Å². The summed E-state index contributed by atoms with van der Waals surface area (Å²) in [4.78, 5) is 35.9. The van der Waals surface area contributed by atoms with Crippen molar-refractivity contribution in [2.24, 2.45) is 0 Å². The minimum absolute atomic E-state index is 0.153. The highest BCUT2D eigenvalue weighted by Crippen LogP contribution is 2.19. The summed E-state index contributed by atoms with van der Waals surface area (Å²) in [6.45, 7) is 1.53. The first-order valence-corrected chi connectivity index (χ1v) is 8.61. The number of benzene rings is 2. The average Bonchev–Trinajstić information content (AvgIpc) is 3.46. The minimum Gasteiger partial charge on any atom is -0.481 e. The van der Waals surface area contributed by atoms with Gasteiger partial charge in [0.25, 0.3) is 5.91 Å². The topological polar surface area (TPSA) is 84.5 Å². The smallest absolute Gasteiger partial charge is 0.321 e. The van der Waals surface area contributed by atoms with E-state index in [0.717, 1.165) is 12.8 Å². The van der Waals surface area contributed by atoms with Crippen molar-refractivity contribution in [1.29, 1.82) is 0 Å². The van der Waals surface area contributed by atoms with Gasteiger partial charge in [-0.3, -0.25) is 14.9 Å². The Kier molecular flexibility index (Phi) is 5.49. The molecule has 0 aliphatic heterocycles. The third-order valence-corrected chi connectivity index (χ3v) is 4.05. The molecule has 3 rings (SSSR count). The number of rotatable bonds is 6. The van der Waals surface area contributed by atoms with Crippen molar-refractivity contribution in [3.63, 3.8) is 0 Å². The molecule has 0 bridgehead atoms. The first-order valence-electron chi connectivity index (χ1n) is 8.61. The molecule has 0 spiro atoms. The van der Waals surface area contributed by atoms with Crippen LogP contribution >= 0.6 is 0 Å². The highest BCUT2D eigenvalue weighted by molar-refractivity contribution is 6.09. The zero-order valence-corrected chi connectivity index (χ0v) is 14.7. The quantitative estimate of drug-likeness (QED) is 0.766. The van der Waals surface area contributed by atoms with Crippen LogP contribution in [0.25, 0.3) is 0 Å². The number of halogens is 1. The first kappa shape index (κ1) is 18.6. The van der Waals surface area contributed by atoms with Gasteiger partial charge in [0.2, 0.25) is 0 Å². The summed E-state index contributed by atoms with van der Waals surface area (Å²) < 4.78 is 18.5. The highest BCUT2D eigenvalue weighted by atomic mass is 19.1. The van der Waals surface area contributed by atoms with Gasteiger partial charge in [-0.15, -0.1) is 0 Å². The number of ether oxygens (including phenoxy) is 1. The zero-order valence-electron chi connectivity index (χ0n) is 14.7. The lowest BCUT2D eigenvalue weighted by molar-refractivity contribution is -0.126. The average molecular weight is 370 g/mol. The Balaban J connectivity index is 1.56. The molecule has 0 aromatic heterocycles. The highest BCUT2D eigenvalue weighted by Gasteiger charge is 2.25. The van der Waals surface area contributed by atoms with Crippen molar-refractivity contribution >= 4 is 17.7 Å². The number of amides is 3. The molecule has 1 saturated carbocycles. The first-order chi connectivity index (χ1) is 12.9. The molecule has 140 valence electrons. The molecule has 1 atom stereocenters. The van der Waals surface area contributed by atoms with Crippen LogP contribution in [0.4, 0.5) is 9.18 Å². The van der Waals surface area contributed by atoms with Crippen LogP contribution < -0.4 is 15.4 Å². The second kappa shape index (κ2) is 7.99. The van der Waals surface area contributed by atoms with Crippen LogP contribution in [-0.2, 0) is 4.79 Å². The summed E-state index contributed by atoms with van der Waals surface area (Å²) in [5.41, 5.74) is 0.786. The van der Waals surface area contributed by atoms with E-state index >= 15 is 0 Å². The molecule has 0 saturated heterocycles. The lowest BCUT2D eigenvalue weighted by atomic mass is 10.0. The van der Waals surface area contributed by atoms with Gasteiger partial charge in [-0.05, 0) is 68.3 Å². The van der Waals surface area contributed by atoms with E-state index in [1.165, 1.54) is 31.2 Å². The van der Waals surface area contributed by atoms with E-state index < -0.39 is 23.9 Å². The van der Waals surface area contributed by atoms with E-state index in [1.54, 1.807) is 24.3 Å². The number of nitrogens with one attached hydrogen (secondary N) is 2. The SMILES string of the molecule is CC(Oc1ccc(C(=O)c2ccc(F)cc2)cc1)C(=O)NC(=O)NC1CC1. The number of carbonyl (C=O) groups is 3. The molecule has 0 heterocycles. The van der Waals surface area contributed by atoms with Crippen molar-refractivity contribution in [2.75, 3.05) is 0 Å². The van der Waals surface area contributed by atoms with Gasteiger partial charge in [0.1, 0.15) is 11.6 Å². The van der Waals surface area contributed by atoms with E-state index in [2.05, 4.69) is 10.6 Å². The number of hydrogen-bond acceptors (Lipinski definition) is 4. The van der Waals surface area contributed by atoms with Crippen molar-refractivity contribution in [3.05, 3.63) is 65.5 Å². The molecule has 1 unspecified atom stereocenters. The van der Waals surface area contributed by atoms with Gasteiger partial charge in [0.15, 0.2) is 11.9 Å². The molecule has 1 aliphatic carbocycles. The molecule has 0 radical (unpaired) electrons. The van der Waals surface area contributed by atoms with Crippen LogP contribution in [0.2, 0.25) is 0 Å². The Hall–Kier alpha value is -3.22. The van der Waals surface area contributed by atoms with Crippen LogP contribution in [-0.4, -0.2) is 29.9 Å². The summed E-state index contributed by atoms with van der Waals surface area (Å²) in [5.74, 6) is -0.826. The zero-order chi connectivity index (χ0) is 19.4. The van der Waals surface area contributed by atoms with Gasteiger partial charge >= 0.3 is 6.03 Å². The van der Waals surface area contributed by atoms with Crippen LogP contribution in [0.1, 0.15) is 35.7 Å². The molecule has 6 nitrogen and oxygen atoms in total. The molecule has 1 aliphatic rings. The van der Waals surface area contributed by atoms with Gasteiger partial charge in [-0.1, -0.05) is 0 Å². The summed E-state index contributed by atoms with van der Waals surface area (Å²) in [5, 5.41) is 4.88. The molecule has 2 aromatic carbocycles. The van der Waals surface area contributed by atoms with Crippen molar-refractivity contribution in [3.8, 4) is 5.75 Å². The lowest BCUT2D eigenvalue weighted by Crippen LogP contribution is -2.45. The van der Waals surface area contributed by atoms with Gasteiger partial charge in [-0.2, -0.15) is 0 Å². The predicted octanol–water partition coefficient (Wildman–Crippen LogP) is 2.81. The fraction of sp³-hybridized carbons (Fsp3) is 0.250. The third kappa shape index (κ3) is 5.13. The largest absolute Gasteiger partial charge is 0.481 e. The maximum absolute atomic E-state index is 13.0. The maximum atomic E-state index is 13.0. The van der Waals surface area contributed by atoms with E-state index in [4.69, 9.17) is 4.74 Å². The summed E-state index contributed by atoms with van der Waals surface area (Å²) in [6, 6.07) is 11.2. The Morgan fingerprint density at radius 1 is 1.00 bits per heavy atom. The number of ketones is 1. The summed E-state index contributed by atoms with van der Waals surface area (Å²) in [7, 11) is 0. The normalized spacial score (nSPS) is 14.1. The molecule has 7 heteroatoms. The summed E-state index contributed by atoms with van der Waals surface area (Å²) >= 11 is 0. The fourth-order valence-electron chi connectivity index (χ4n) is 2.37. The molecule has 3 amide bonds. The van der Waals surface area contributed by atoms with Crippen molar-refractivity contribution < 1.29 is 23.5 Å². The van der Waals surface area contributed by atoms with Crippen LogP contribution in [0.15, 0.2) is 48.5 Å². The molecule has 27 heavy (non-hydrogen) atoms. The second-order valence-corrected chi connectivity index (χ2v) is 6.36. The number of imide groups is 1. The Labute approximate surface area is 155 Å². The fourth-order valence-corrected chi connectivity index (χ4v) is 2.37. The molecular formula is C20H19FN2O4. The van der Waals surface area contributed by atoms with E-state index in [9.17, 15) is 18.8 Å². The Morgan fingerprint density at radius 2 is 1.56 bits per heavy atom. The van der Waals surface area contributed by atoms with Crippen LogP contribution in [0.5, 0.6) is 5.75 Å². The van der Waals surface area contributed by atoms with E-state index in [-0.39, 0.29) is 11.8 Å². The number of urea groups is 1. The maximum Gasteiger partial charge on any atom is 0.321 e. The lowest BCUT2D eigenvalue weighted by Gasteiger charge is -2.14. The van der Waals surface area contributed by atoms with Crippen molar-refractivity contribution in [1.82, 2.24) is 10.6 Å². The van der Waals surface area contributed by atoms with Gasteiger partial charge in [0, 0.05) is 17.2 Å². The minimum atomic E-state index is -0.881. The molecule has 2 aromatic rings. The standard InChI is InChI=1S/C20H19FN2O4/c1-12(19(25)23-20(26)22-16-8-9-16)27-17-10-4-14(5-11-17)18(24)13-2-6-15(21)7-3-13/h2-7,10-12,16H,8-9H2,1H3,(H2,22,23,25,26). The third-order valence-electron chi connectivity index (χ3n) is 4.05. The molecule has 2 N–H and O–H groups in total. The second-order valence-electron chi connectivity index (χ2n) is 6.36. The number of carbonyl (C=O) groups excluding carboxylic acids is 3. The monoisotopic (exact) mass is 370 g/mol. The summed E-state index contributed by atoms with van der Waals surface area (Å²) in [6.07, 6.45) is 0.974. The van der Waals surface area contributed by atoms with Gasteiger partial charge in [0.05, 0.1) is 0 Å². The molecular weight excluding hydrogens is 351 g/mol. The predicted molar refractivity (Wildman–Crippen MR) is 96.1 cm³/mol. The van der Waals surface area contributed by atoms with Crippen LogP contribution in [0.3, 0.4) is 0 Å². The Morgan fingerprint density at radius 3 is 2.11 bits per heavy atom.